The smallest absolute Gasteiger partial charge is 0.274 e. The maximum Gasteiger partial charge on any atom is 0.274 e. The van der Waals surface area contributed by atoms with Crippen molar-refractivity contribution in [3.63, 3.8) is 0 Å². The Labute approximate surface area is 131 Å². The minimum Gasteiger partial charge on any atom is -0.497 e. The molecule has 0 unspecified atom stereocenters. The van der Waals surface area contributed by atoms with E-state index in [0.29, 0.717) is 5.69 Å². The first-order valence-corrected chi connectivity index (χ1v) is 7.50. The van der Waals surface area contributed by atoms with Crippen LogP contribution in [0.15, 0.2) is 30.3 Å². The monoisotopic (exact) mass is 301 g/mol. The van der Waals surface area contributed by atoms with Gasteiger partial charge < -0.3 is 9.64 Å². The summed E-state index contributed by atoms with van der Waals surface area (Å²) in [6, 6.07) is 9.57. The molecule has 0 N–H and O–H groups in total. The van der Waals surface area contributed by atoms with Crippen molar-refractivity contribution in [1.82, 2.24) is 14.7 Å². The van der Waals surface area contributed by atoms with Crippen molar-refractivity contribution in [2.45, 2.75) is 19.8 Å². The van der Waals surface area contributed by atoms with Crippen molar-refractivity contribution < 1.29 is 9.53 Å². The number of carbonyl (C=O) groups excluding carboxylic acids is 1. The molecule has 5 nitrogen and oxygen atoms in total. The van der Waals surface area contributed by atoms with Gasteiger partial charge in [0.1, 0.15) is 5.75 Å². The van der Waals surface area contributed by atoms with Gasteiger partial charge in [0.15, 0.2) is 5.69 Å². The molecular formula is C17H23N3O2. The summed E-state index contributed by atoms with van der Waals surface area (Å²) in [5.41, 5.74) is 2.34. The minimum absolute atomic E-state index is 0.0433. The highest BCUT2D eigenvalue weighted by Crippen LogP contribution is 2.24. The molecule has 1 heterocycles. The zero-order chi connectivity index (χ0) is 16.1. The lowest BCUT2D eigenvalue weighted by molar-refractivity contribution is 0.0786. The van der Waals surface area contributed by atoms with Crippen molar-refractivity contribution in [3.8, 4) is 17.0 Å². The second-order valence-corrected chi connectivity index (χ2v) is 5.35. The zero-order valence-electron chi connectivity index (χ0n) is 13.7. The number of methoxy groups -OCH3 is 1. The average molecular weight is 301 g/mol. The molecule has 0 atom stereocenters. The number of carbonyl (C=O) groups is 1. The Morgan fingerprint density at radius 3 is 2.82 bits per heavy atom. The van der Waals surface area contributed by atoms with Crippen molar-refractivity contribution in [3.05, 3.63) is 36.0 Å². The molecule has 5 heteroatoms. The number of aryl methyl sites for hydroxylation is 1. The quantitative estimate of drug-likeness (QED) is 0.824. The molecule has 0 aliphatic heterocycles. The van der Waals surface area contributed by atoms with Crippen LogP contribution in [0.2, 0.25) is 0 Å². The summed E-state index contributed by atoms with van der Waals surface area (Å²) in [5.74, 6) is 0.741. The predicted molar refractivity (Wildman–Crippen MR) is 87.1 cm³/mol. The molecule has 0 saturated carbocycles. The molecule has 1 aromatic carbocycles. The Bertz CT molecular complexity index is 649. The van der Waals surface area contributed by atoms with E-state index in [9.17, 15) is 4.79 Å². The highest BCUT2D eigenvalue weighted by molar-refractivity contribution is 5.93. The Balaban J connectivity index is 2.25. The molecule has 0 bridgehead atoms. The first-order chi connectivity index (χ1) is 10.6. The lowest BCUT2D eigenvalue weighted by atomic mass is 10.1. The lowest BCUT2D eigenvalue weighted by Gasteiger charge is -2.14. The lowest BCUT2D eigenvalue weighted by Crippen LogP contribution is -2.28. The molecule has 1 aromatic heterocycles. The molecule has 0 spiro atoms. The number of aromatic nitrogens is 2. The minimum atomic E-state index is -0.0433. The van der Waals surface area contributed by atoms with Crippen molar-refractivity contribution in [2.24, 2.45) is 7.05 Å². The summed E-state index contributed by atoms with van der Waals surface area (Å²) in [7, 11) is 5.30. The first-order valence-electron chi connectivity index (χ1n) is 7.50. The van der Waals surface area contributed by atoms with Crippen LogP contribution in [-0.4, -0.2) is 41.3 Å². The fourth-order valence-electron chi connectivity index (χ4n) is 2.32. The molecule has 0 aliphatic carbocycles. The van der Waals surface area contributed by atoms with Crippen molar-refractivity contribution >= 4 is 5.91 Å². The van der Waals surface area contributed by atoms with Gasteiger partial charge in [0.05, 0.1) is 12.8 Å². The van der Waals surface area contributed by atoms with Crippen LogP contribution in [-0.2, 0) is 7.05 Å². The van der Waals surface area contributed by atoms with Crippen LogP contribution in [0.1, 0.15) is 30.3 Å². The van der Waals surface area contributed by atoms with E-state index in [1.165, 1.54) is 0 Å². The van der Waals surface area contributed by atoms with E-state index >= 15 is 0 Å². The molecule has 0 aliphatic rings. The topological polar surface area (TPSA) is 47.4 Å². The van der Waals surface area contributed by atoms with Gasteiger partial charge in [-0.1, -0.05) is 25.5 Å². The predicted octanol–water partition coefficient (Wildman–Crippen LogP) is 2.97. The van der Waals surface area contributed by atoms with Crippen LogP contribution in [0.5, 0.6) is 5.75 Å². The van der Waals surface area contributed by atoms with Gasteiger partial charge >= 0.3 is 0 Å². The fourth-order valence-corrected chi connectivity index (χ4v) is 2.32. The van der Waals surface area contributed by atoms with Gasteiger partial charge in [-0.3, -0.25) is 9.48 Å². The van der Waals surface area contributed by atoms with Crippen LogP contribution in [0, 0.1) is 0 Å². The number of hydrogen-bond acceptors (Lipinski definition) is 3. The number of unbranched alkanes of at least 4 members (excludes halogenated alkanes) is 1. The van der Waals surface area contributed by atoms with Crippen LogP contribution >= 0.6 is 0 Å². The second kappa shape index (κ2) is 7.11. The fraction of sp³-hybridized carbons (Fsp3) is 0.412. The van der Waals surface area contributed by atoms with Gasteiger partial charge in [0.25, 0.3) is 5.91 Å². The molecule has 1 amide bonds. The number of nitrogens with zero attached hydrogens (tertiary/aromatic N) is 3. The van der Waals surface area contributed by atoms with Gasteiger partial charge in [-0.25, -0.2) is 0 Å². The van der Waals surface area contributed by atoms with Gasteiger partial charge in [-0.2, -0.15) is 5.10 Å². The Morgan fingerprint density at radius 1 is 1.36 bits per heavy atom. The summed E-state index contributed by atoms with van der Waals surface area (Å²) in [4.78, 5) is 14.1. The van der Waals surface area contributed by atoms with E-state index in [2.05, 4.69) is 12.0 Å². The van der Waals surface area contributed by atoms with Crippen LogP contribution in [0.3, 0.4) is 0 Å². The van der Waals surface area contributed by atoms with E-state index in [1.54, 1.807) is 16.7 Å². The van der Waals surface area contributed by atoms with E-state index < -0.39 is 0 Å². The molecule has 2 rings (SSSR count). The van der Waals surface area contributed by atoms with E-state index in [1.807, 2.05) is 44.4 Å². The van der Waals surface area contributed by atoms with E-state index in [4.69, 9.17) is 4.74 Å². The summed E-state index contributed by atoms with van der Waals surface area (Å²) in [5, 5.41) is 4.36. The number of hydrogen-bond donors (Lipinski definition) is 0. The third-order valence-electron chi connectivity index (χ3n) is 3.66. The Hall–Kier alpha value is -2.30. The Morgan fingerprint density at radius 2 is 2.14 bits per heavy atom. The zero-order valence-corrected chi connectivity index (χ0v) is 13.7. The largest absolute Gasteiger partial charge is 0.497 e. The van der Waals surface area contributed by atoms with Crippen LogP contribution in [0.4, 0.5) is 0 Å². The van der Waals surface area contributed by atoms with Gasteiger partial charge in [-0.15, -0.1) is 0 Å². The highest BCUT2D eigenvalue weighted by atomic mass is 16.5. The molecule has 0 fully saturated rings. The molecule has 22 heavy (non-hydrogen) atoms. The van der Waals surface area contributed by atoms with Crippen LogP contribution < -0.4 is 4.74 Å². The maximum atomic E-state index is 12.4. The third kappa shape index (κ3) is 3.47. The molecule has 118 valence electrons. The van der Waals surface area contributed by atoms with Crippen molar-refractivity contribution in [2.75, 3.05) is 20.7 Å². The number of ether oxygens (including phenoxy) is 1. The summed E-state index contributed by atoms with van der Waals surface area (Å²) < 4.78 is 6.98. The number of amides is 1. The number of rotatable bonds is 6. The van der Waals surface area contributed by atoms with Gasteiger partial charge in [0, 0.05) is 26.2 Å². The average Bonchev–Trinajstić information content (AvgIpc) is 2.93. The number of benzene rings is 1. The highest BCUT2D eigenvalue weighted by Gasteiger charge is 2.17. The maximum absolute atomic E-state index is 12.4. The van der Waals surface area contributed by atoms with Crippen molar-refractivity contribution in [1.29, 1.82) is 0 Å². The molecule has 0 saturated heterocycles. The molecule has 0 radical (unpaired) electrons. The van der Waals surface area contributed by atoms with Gasteiger partial charge in [0.2, 0.25) is 0 Å². The summed E-state index contributed by atoms with van der Waals surface area (Å²) >= 11 is 0. The normalized spacial score (nSPS) is 10.5. The Kier molecular flexibility index (Phi) is 5.20. The first kappa shape index (κ1) is 16.1. The van der Waals surface area contributed by atoms with E-state index in [-0.39, 0.29) is 5.91 Å². The summed E-state index contributed by atoms with van der Waals surface area (Å²) in [6.45, 7) is 2.86. The SMILES string of the molecule is CCCCN(C)C(=O)c1cc(-c2cccc(OC)c2)n(C)n1. The molecule has 2 aromatic rings. The molecular weight excluding hydrogens is 278 g/mol. The van der Waals surface area contributed by atoms with Crippen LogP contribution in [0.25, 0.3) is 11.3 Å². The summed E-state index contributed by atoms with van der Waals surface area (Å²) in [6.07, 6.45) is 2.06. The van der Waals surface area contributed by atoms with E-state index in [0.717, 1.165) is 36.4 Å². The standard InChI is InChI=1S/C17H23N3O2/c1-5-6-10-19(2)17(21)15-12-16(20(3)18-15)13-8-7-9-14(11-13)22-4/h7-9,11-12H,5-6,10H2,1-4H3. The third-order valence-corrected chi connectivity index (χ3v) is 3.66. The second-order valence-electron chi connectivity index (χ2n) is 5.35. The van der Waals surface area contributed by atoms with Gasteiger partial charge in [-0.05, 0) is 24.6 Å².